The molecule has 8 heteroatoms. The molecule has 0 aromatic carbocycles. The number of carbonyl (C=O) groups is 3. The number of aliphatic hydroxyl groups excluding tert-OH is 1. The quantitative estimate of drug-likeness (QED) is 0.402. The molecule has 0 aromatic heterocycles. The number of carbonyl (C=O) groups excluding carboxylic acids is 3. The number of likely N-dealkylation sites (N-methyl/N-ethyl adjacent to an activating group) is 1. The van der Waals surface area contributed by atoms with E-state index < -0.39 is 32.9 Å². The fourth-order valence-corrected chi connectivity index (χ4v) is 9.55. The Balaban J connectivity index is 1.80. The summed E-state index contributed by atoms with van der Waals surface area (Å²) < 4.78 is -1.36. The average Bonchev–Trinajstić information content (AvgIpc) is 3.04. The van der Waals surface area contributed by atoms with E-state index in [1.54, 1.807) is 28.6 Å². The Morgan fingerprint density at radius 1 is 0.946 bits per heavy atom. The highest BCUT2D eigenvalue weighted by atomic mass is 32.2. The van der Waals surface area contributed by atoms with E-state index in [4.69, 9.17) is 0 Å². The van der Waals surface area contributed by atoms with Gasteiger partial charge in [-0.15, -0.1) is 11.8 Å². The second-order valence-electron chi connectivity index (χ2n) is 13.3. The molecule has 2 fully saturated rings. The number of aliphatic hydroxyl groups is 1. The SMILES string of the molecule is CN1CC=C[C@]2(C)S[C@]34C=CCN(C(C)(C)CC(C)(C)C)C(=O)C3N(CCCCCO)C(=O)[C@@H]4[C@@H]2C1=O. The predicted octanol–water partition coefficient (Wildman–Crippen LogP) is 3.48. The van der Waals surface area contributed by atoms with E-state index in [0.29, 0.717) is 32.5 Å². The predicted molar refractivity (Wildman–Crippen MR) is 148 cm³/mol. The highest BCUT2D eigenvalue weighted by molar-refractivity contribution is 8.02. The first-order valence-electron chi connectivity index (χ1n) is 13.7. The molecule has 0 bridgehead atoms. The van der Waals surface area contributed by atoms with E-state index >= 15 is 0 Å². The van der Waals surface area contributed by atoms with Crippen LogP contribution in [0.15, 0.2) is 24.3 Å². The van der Waals surface area contributed by atoms with Gasteiger partial charge in [0.2, 0.25) is 17.7 Å². The van der Waals surface area contributed by atoms with Gasteiger partial charge in [0.1, 0.15) is 6.04 Å². The molecule has 4 aliphatic rings. The van der Waals surface area contributed by atoms with Crippen LogP contribution >= 0.6 is 11.8 Å². The van der Waals surface area contributed by atoms with Crippen molar-refractivity contribution in [2.24, 2.45) is 17.3 Å². The van der Waals surface area contributed by atoms with Gasteiger partial charge < -0.3 is 19.8 Å². The number of fused-ring (bicyclic) bond motifs is 2. The Morgan fingerprint density at radius 3 is 2.27 bits per heavy atom. The topological polar surface area (TPSA) is 81.2 Å². The maximum atomic E-state index is 14.6. The summed E-state index contributed by atoms with van der Waals surface area (Å²) in [5.41, 5.74) is -0.373. The van der Waals surface area contributed by atoms with Gasteiger partial charge in [0.25, 0.3) is 0 Å². The summed E-state index contributed by atoms with van der Waals surface area (Å²) in [4.78, 5) is 48.0. The Bertz CT molecular complexity index is 1000. The van der Waals surface area contributed by atoms with Crippen molar-refractivity contribution in [2.75, 3.05) is 33.3 Å². The number of unbranched alkanes of at least 4 members (excludes halogenated alkanes) is 2. The van der Waals surface area contributed by atoms with Crippen molar-refractivity contribution in [3.05, 3.63) is 24.3 Å². The third kappa shape index (κ3) is 4.77. The number of likely N-dealkylation sites (tertiary alicyclic amines) is 1. The van der Waals surface area contributed by atoms with Crippen molar-refractivity contribution in [3.63, 3.8) is 0 Å². The van der Waals surface area contributed by atoms with Crippen LogP contribution in [0.25, 0.3) is 0 Å². The summed E-state index contributed by atoms with van der Waals surface area (Å²) in [5.74, 6) is -1.24. The van der Waals surface area contributed by atoms with Gasteiger partial charge in [-0.3, -0.25) is 14.4 Å². The molecule has 4 rings (SSSR count). The standard InChI is InChI=1S/C29H45N3O4S/c1-26(2,3)19-27(4,5)32-17-12-14-29-21(20-23(34)30(7)15-11-13-28(20,6)37-29)24(35)31(22(29)25(32)36)16-9-8-10-18-33/h11-14,20-22,33H,8-10,15-19H2,1-7H3/t20-,21+,22?,28+,29+/m1/s1. The Kier molecular flexibility index (Phi) is 7.43. The largest absolute Gasteiger partial charge is 0.396 e. The van der Waals surface area contributed by atoms with E-state index in [0.717, 1.165) is 12.8 Å². The molecule has 4 heterocycles. The first-order chi connectivity index (χ1) is 17.2. The van der Waals surface area contributed by atoms with Gasteiger partial charge in [-0.2, -0.15) is 0 Å². The second-order valence-corrected chi connectivity index (χ2v) is 15.1. The molecule has 7 nitrogen and oxygen atoms in total. The van der Waals surface area contributed by atoms with E-state index in [-0.39, 0.29) is 29.7 Å². The first kappa shape index (κ1) is 28.2. The van der Waals surface area contributed by atoms with E-state index in [9.17, 15) is 19.5 Å². The van der Waals surface area contributed by atoms with E-state index in [2.05, 4.69) is 59.8 Å². The van der Waals surface area contributed by atoms with Crippen molar-refractivity contribution < 1.29 is 19.5 Å². The van der Waals surface area contributed by atoms with Gasteiger partial charge in [-0.1, -0.05) is 45.1 Å². The number of hydrogen-bond donors (Lipinski definition) is 1. The summed E-state index contributed by atoms with van der Waals surface area (Å²) in [7, 11) is 1.79. The number of rotatable bonds is 7. The number of amides is 3. The van der Waals surface area contributed by atoms with Gasteiger partial charge >= 0.3 is 0 Å². The van der Waals surface area contributed by atoms with Crippen LogP contribution in [0, 0.1) is 17.3 Å². The first-order valence-corrected chi connectivity index (χ1v) is 14.5. The molecule has 206 valence electrons. The van der Waals surface area contributed by atoms with Crippen LogP contribution in [0.2, 0.25) is 0 Å². The fraction of sp³-hybridized carbons (Fsp3) is 0.759. The highest BCUT2D eigenvalue weighted by Crippen LogP contribution is 2.65. The van der Waals surface area contributed by atoms with Crippen molar-refractivity contribution in [2.45, 2.75) is 88.3 Å². The summed E-state index contributed by atoms with van der Waals surface area (Å²) >= 11 is 1.64. The Hall–Kier alpha value is -1.80. The highest BCUT2D eigenvalue weighted by Gasteiger charge is 2.74. The third-order valence-corrected chi connectivity index (χ3v) is 10.3. The summed E-state index contributed by atoms with van der Waals surface area (Å²) in [5, 5.41) is 9.26. The van der Waals surface area contributed by atoms with E-state index in [1.165, 1.54) is 0 Å². The molecule has 2 saturated heterocycles. The molecule has 0 saturated carbocycles. The zero-order valence-corrected chi connectivity index (χ0v) is 24.4. The third-order valence-electron chi connectivity index (χ3n) is 8.51. The molecule has 5 atom stereocenters. The lowest BCUT2D eigenvalue weighted by Crippen LogP contribution is -2.58. The van der Waals surface area contributed by atoms with Crippen LogP contribution < -0.4 is 0 Å². The van der Waals surface area contributed by atoms with Crippen LogP contribution in [-0.4, -0.2) is 91.9 Å². The average molecular weight is 532 g/mol. The summed E-state index contributed by atoms with van der Waals surface area (Å²) in [6.45, 7) is 14.5. The number of nitrogens with zero attached hydrogens (tertiary/aromatic N) is 3. The van der Waals surface area contributed by atoms with Crippen molar-refractivity contribution in [3.8, 4) is 0 Å². The molecule has 0 aromatic rings. The van der Waals surface area contributed by atoms with Crippen molar-refractivity contribution >= 4 is 29.5 Å². The number of hydrogen-bond acceptors (Lipinski definition) is 5. The zero-order chi connectivity index (χ0) is 27.4. The summed E-state index contributed by atoms with van der Waals surface area (Å²) in [6.07, 6.45) is 11.3. The van der Waals surface area contributed by atoms with Gasteiger partial charge in [0.05, 0.1) is 16.6 Å². The lowest BCUT2D eigenvalue weighted by atomic mass is 9.74. The molecule has 1 N–H and O–H groups in total. The maximum Gasteiger partial charge on any atom is 0.247 e. The summed E-state index contributed by atoms with van der Waals surface area (Å²) in [6, 6.07) is -0.655. The van der Waals surface area contributed by atoms with Crippen LogP contribution in [0.3, 0.4) is 0 Å². The lowest BCUT2D eigenvalue weighted by Gasteiger charge is -2.44. The van der Waals surface area contributed by atoms with Gasteiger partial charge in [-0.25, -0.2) is 0 Å². The zero-order valence-electron chi connectivity index (χ0n) is 23.6. The minimum atomic E-state index is -0.796. The van der Waals surface area contributed by atoms with Crippen LogP contribution in [-0.2, 0) is 14.4 Å². The van der Waals surface area contributed by atoms with E-state index in [1.807, 2.05) is 11.0 Å². The Labute approximate surface area is 226 Å². The molecule has 1 unspecified atom stereocenters. The fourth-order valence-electron chi connectivity index (χ4n) is 7.39. The smallest absolute Gasteiger partial charge is 0.247 e. The van der Waals surface area contributed by atoms with Gasteiger partial charge in [0.15, 0.2) is 0 Å². The maximum absolute atomic E-state index is 14.6. The minimum absolute atomic E-state index is 0.0189. The van der Waals surface area contributed by atoms with Gasteiger partial charge in [-0.05, 0) is 51.9 Å². The minimum Gasteiger partial charge on any atom is -0.396 e. The monoisotopic (exact) mass is 531 g/mol. The molecule has 0 aliphatic carbocycles. The van der Waals surface area contributed by atoms with Crippen molar-refractivity contribution in [1.29, 1.82) is 0 Å². The normalized spacial score (nSPS) is 34.0. The van der Waals surface area contributed by atoms with Crippen LogP contribution in [0.1, 0.15) is 67.2 Å². The lowest BCUT2D eigenvalue weighted by molar-refractivity contribution is -0.147. The number of thioether (sulfide) groups is 1. The van der Waals surface area contributed by atoms with Gasteiger partial charge in [0, 0.05) is 43.6 Å². The molecule has 1 spiro atoms. The molecule has 0 radical (unpaired) electrons. The molecular weight excluding hydrogens is 486 g/mol. The van der Waals surface area contributed by atoms with Crippen LogP contribution in [0.4, 0.5) is 0 Å². The van der Waals surface area contributed by atoms with Crippen molar-refractivity contribution in [1.82, 2.24) is 14.7 Å². The Morgan fingerprint density at radius 2 is 1.62 bits per heavy atom. The molecular formula is C29H45N3O4S. The molecule has 4 aliphatic heterocycles. The second kappa shape index (κ2) is 9.74. The van der Waals surface area contributed by atoms with Crippen LogP contribution in [0.5, 0.6) is 0 Å². The molecule has 37 heavy (non-hydrogen) atoms. The molecule has 3 amide bonds.